The number of pyridine rings is 1. The van der Waals surface area contributed by atoms with Crippen LogP contribution in [-0.4, -0.2) is 82.6 Å². The molecule has 0 radical (unpaired) electrons. The number of aliphatic hydroxyl groups excluding tert-OH is 2. The number of carbonyl (C=O) groups is 1. The Labute approximate surface area is 304 Å². The Balaban J connectivity index is 1.16. The molecule has 0 bridgehead atoms. The summed E-state index contributed by atoms with van der Waals surface area (Å²) in [5.41, 5.74) is 8.82. The second-order valence-corrected chi connectivity index (χ2v) is 13.7. The molecule has 1 aromatic heterocycles. The molecule has 6 rings (SSSR count). The van der Waals surface area contributed by atoms with E-state index in [0.717, 1.165) is 75.1 Å². The number of carboxylic acids is 1. The second-order valence-electron chi connectivity index (χ2n) is 13.3. The molecular weight excluding hydrogens is 668 g/mol. The predicted molar refractivity (Wildman–Crippen MR) is 199 cm³/mol. The Morgan fingerprint density at radius 3 is 2.53 bits per heavy atom. The van der Waals surface area contributed by atoms with Gasteiger partial charge in [-0.3, -0.25) is 15.1 Å². The van der Waals surface area contributed by atoms with Crippen LogP contribution < -0.4 is 19.7 Å². The van der Waals surface area contributed by atoms with Crippen molar-refractivity contribution in [2.75, 3.05) is 44.2 Å². The number of rotatable bonds is 16. The van der Waals surface area contributed by atoms with Gasteiger partial charge >= 0.3 is 5.97 Å². The summed E-state index contributed by atoms with van der Waals surface area (Å²) in [7, 11) is 0. The number of anilines is 1. The first-order valence-corrected chi connectivity index (χ1v) is 18.1. The van der Waals surface area contributed by atoms with Crippen LogP contribution in [0.3, 0.4) is 0 Å². The molecule has 1 fully saturated rings. The van der Waals surface area contributed by atoms with Crippen LogP contribution in [0.25, 0.3) is 11.1 Å². The molecule has 2 aliphatic rings. The van der Waals surface area contributed by atoms with Crippen LogP contribution in [-0.2, 0) is 31.0 Å². The number of aliphatic hydroxyl groups is 2. The van der Waals surface area contributed by atoms with Crippen LogP contribution in [0.1, 0.15) is 47.1 Å². The molecule has 4 aromatic rings. The molecule has 1 atom stereocenters. The fourth-order valence-electron chi connectivity index (χ4n) is 6.97. The maximum atomic E-state index is 11.5. The Hall–Kier alpha value is -4.19. The molecule has 0 unspecified atom stereocenters. The summed E-state index contributed by atoms with van der Waals surface area (Å²) >= 11 is 6.73. The normalized spacial score (nSPS) is 15.5. The van der Waals surface area contributed by atoms with Gasteiger partial charge in [-0.1, -0.05) is 48.0 Å². The molecule has 10 nitrogen and oxygen atoms in total. The van der Waals surface area contributed by atoms with E-state index in [-0.39, 0.29) is 19.3 Å². The lowest BCUT2D eigenvalue weighted by Crippen LogP contribution is -2.39. The van der Waals surface area contributed by atoms with Gasteiger partial charge in [-0.25, -0.2) is 0 Å². The summed E-state index contributed by atoms with van der Waals surface area (Å²) in [6.07, 6.45) is 7.14. The SMILES string of the molecule is Cc1c(COc2cc(OCc3cccnc3)c(CN[C@@H](CO)C(=O)O)cc2Cl)cccc1-c1cccc2c1CCN2CCCN1CCC(O)CC1. The van der Waals surface area contributed by atoms with Crippen molar-refractivity contribution in [3.8, 4) is 22.6 Å². The second kappa shape index (κ2) is 17.4. The predicted octanol–water partition coefficient (Wildman–Crippen LogP) is 5.61. The summed E-state index contributed by atoms with van der Waals surface area (Å²) in [6.45, 7) is 7.30. The van der Waals surface area contributed by atoms with E-state index < -0.39 is 18.6 Å². The molecule has 0 amide bonds. The smallest absolute Gasteiger partial charge is 0.323 e. The van der Waals surface area contributed by atoms with Crippen LogP contribution in [0.2, 0.25) is 5.02 Å². The van der Waals surface area contributed by atoms with Gasteiger partial charge in [0.05, 0.1) is 17.7 Å². The van der Waals surface area contributed by atoms with Gasteiger partial charge in [-0.15, -0.1) is 0 Å². The molecule has 3 heterocycles. The van der Waals surface area contributed by atoms with Crippen LogP contribution in [0.4, 0.5) is 5.69 Å². The Bertz CT molecular complexity index is 1780. The lowest BCUT2D eigenvalue weighted by atomic mass is 9.92. The maximum Gasteiger partial charge on any atom is 0.323 e. The summed E-state index contributed by atoms with van der Waals surface area (Å²) < 4.78 is 12.5. The van der Waals surface area contributed by atoms with Gasteiger partial charge < -0.3 is 34.6 Å². The van der Waals surface area contributed by atoms with Crippen LogP contribution in [0, 0.1) is 6.92 Å². The summed E-state index contributed by atoms with van der Waals surface area (Å²) in [6, 6.07) is 19.0. The fraction of sp³-hybridized carbons (Fsp3) is 0.400. The number of benzene rings is 3. The van der Waals surface area contributed by atoms with Crippen LogP contribution in [0.15, 0.2) is 73.1 Å². The molecule has 1 saturated heterocycles. The van der Waals surface area contributed by atoms with Crippen molar-refractivity contribution in [3.05, 3.63) is 106 Å². The van der Waals surface area contributed by atoms with Gasteiger partial charge in [0.25, 0.3) is 0 Å². The Kier molecular flexibility index (Phi) is 12.5. The highest BCUT2D eigenvalue weighted by atomic mass is 35.5. The number of aromatic nitrogens is 1. The van der Waals surface area contributed by atoms with E-state index in [2.05, 4.69) is 63.4 Å². The van der Waals surface area contributed by atoms with Crippen LogP contribution in [0.5, 0.6) is 11.5 Å². The maximum absolute atomic E-state index is 11.5. The van der Waals surface area contributed by atoms with Crippen molar-refractivity contribution >= 4 is 23.3 Å². The third-order valence-corrected chi connectivity index (χ3v) is 10.2. The van der Waals surface area contributed by atoms with Crippen molar-refractivity contribution in [3.63, 3.8) is 0 Å². The molecule has 3 aromatic carbocycles. The molecule has 0 saturated carbocycles. The first kappa shape index (κ1) is 36.6. The first-order valence-electron chi connectivity index (χ1n) is 17.7. The van der Waals surface area contributed by atoms with E-state index in [1.165, 1.54) is 22.4 Å². The highest BCUT2D eigenvalue weighted by molar-refractivity contribution is 6.32. The van der Waals surface area contributed by atoms with E-state index in [1.54, 1.807) is 24.5 Å². The number of ether oxygens (including phenoxy) is 2. The number of piperidine rings is 1. The van der Waals surface area contributed by atoms with Gasteiger partial charge in [0.15, 0.2) is 0 Å². The minimum absolute atomic E-state index is 0.114. The minimum Gasteiger partial charge on any atom is -0.488 e. The fourth-order valence-corrected chi connectivity index (χ4v) is 7.21. The number of aliphatic carboxylic acids is 1. The zero-order valence-electron chi connectivity index (χ0n) is 29.1. The average molecular weight is 715 g/mol. The van der Waals surface area contributed by atoms with Crippen LogP contribution >= 0.6 is 11.6 Å². The van der Waals surface area contributed by atoms with Gasteiger partial charge in [-0.05, 0) is 85.2 Å². The monoisotopic (exact) mass is 714 g/mol. The van der Waals surface area contributed by atoms with Gasteiger partial charge in [0.1, 0.15) is 30.8 Å². The Morgan fingerprint density at radius 1 is 0.980 bits per heavy atom. The lowest BCUT2D eigenvalue weighted by molar-refractivity contribution is -0.140. The van der Waals surface area contributed by atoms with Crippen molar-refractivity contribution in [1.82, 2.24) is 15.2 Å². The molecule has 0 aliphatic carbocycles. The van der Waals surface area contributed by atoms with Crippen molar-refractivity contribution in [2.24, 2.45) is 0 Å². The zero-order chi connectivity index (χ0) is 35.7. The van der Waals surface area contributed by atoms with E-state index >= 15 is 0 Å². The number of hydrogen-bond donors (Lipinski definition) is 4. The van der Waals surface area contributed by atoms with E-state index in [0.29, 0.717) is 28.7 Å². The highest BCUT2D eigenvalue weighted by Crippen LogP contribution is 2.39. The lowest BCUT2D eigenvalue weighted by Gasteiger charge is -2.30. The van der Waals surface area contributed by atoms with E-state index in [4.69, 9.17) is 21.1 Å². The minimum atomic E-state index is -1.15. The third-order valence-electron chi connectivity index (χ3n) is 9.95. The number of likely N-dealkylation sites (tertiary alicyclic amines) is 1. The zero-order valence-corrected chi connectivity index (χ0v) is 29.8. The number of nitrogens with zero attached hydrogens (tertiary/aromatic N) is 3. The summed E-state index contributed by atoms with van der Waals surface area (Å²) in [5, 5.41) is 31.9. The standard InChI is InChI=1S/C40H47ClN4O6/c1-27-29(7-2-8-32(27)33-9-3-10-37-34(33)13-19-45(37)16-5-15-44-17-11-31(47)12-18-44)26-51-39-21-38(50-25-28-6-4-14-42-22-28)30(20-35(39)41)23-43-36(24-46)40(48)49/h2-4,6-10,14,20-22,31,36,43,46-47H,5,11-13,15-19,23-26H2,1H3,(H,48,49)/t36-/m0/s1. The molecular formula is C40H47ClN4O6. The van der Waals surface area contributed by atoms with E-state index in [1.807, 2.05) is 12.1 Å². The molecule has 0 spiro atoms. The first-order chi connectivity index (χ1) is 24.8. The number of halogens is 1. The van der Waals surface area contributed by atoms with Crippen molar-refractivity contribution in [1.29, 1.82) is 0 Å². The highest BCUT2D eigenvalue weighted by Gasteiger charge is 2.24. The van der Waals surface area contributed by atoms with E-state index in [9.17, 15) is 20.1 Å². The molecule has 2 aliphatic heterocycles. The topological polar surface area (TPSA) is 128 Å². The number of fused-ring (bicyclic) bond motifs is 1. The van der Waals surface area contributed by atoms with Gasteiger partial charge in [0, 0.05) is 68.0 Å². The Morgan fingerprint density at radius 2 is 1.76 bits per heavy atom. The van der Waals surface area contributed by atoms with Crippen molar-refractivity contribution < 1.29 is 29.6 Å². The van der Waals surface area contributed by atoms with Gasteiger partial charge in [0.2, 0.25) is 0 Å². The summed E-state index contributed by atoms with van der Waals surface area (Å²) in [4.78, 5) is 20.6. The molecule has 270 valence electrons. The number of carboxylic acid groups (broad SMARTS) is 1. The molecule has 4 N–H and O–H groups in total. The summed E-state index contributed by atoms with van der Waals surface area (Å²) in [5.74, 6) is -0.222. The third kappa shape index (κ3) is 9.19. The average Bonchev–Trinajstić information content (AvgIpc) is 3.56. The number of hydrogen-bond acceptors (Lipinski definition) is 9. The quantitative estimate of drug-likeness (QED) is 0.116. The molecule has 11 heteroatoms. The van der Waals surface area contributed by atoms with Crippen molar-refractivity contribution in [2.45, 2.75) is 64.5 Å². The van der Waals surface area contributed by atoms with Gasteiger partial charge in [-0.2, -0.15) is 0 Å². The number of nitrogens with one attached hydrogen (secondary N) is 1. The molecule has 51 heavy (non-hydrogen) atoms. The largest absolute Gasteiger partial charge is 0.488 e.